The molecule has 3 atom stereocenters. The van der Waals surface area contributed by atoms with Gasteiger partial charge in [0.05, 0.1) is 23.1 Å². The molecule has 0 aromatic carbocycles. The lowest BCUT2D eigenvalue weighted by atomic mass is 10.2. The first-order chi connectivity index (χ1) is 10.9. The van der Waals surface area contributed by atoms with Crippen LogP contribution in [0.5, 0.6) is 0 Å². The van der Waals surface area contributed by atoms with Crippen LogP contribution in [0.3, 0.4) is 0 Å². The standard InChI is InChI=1S/C11H14ClN3.C4H4O4/c1-13-11-3-7-2-10(7)15(11)9-4-8(12)5-14-6-9;5-3(6)1-2-4(7)8/h4-7,10-11,13H,2-3H2,1H3;1-2H,(H,5,6)(H,7,8)/b;2-1+. The summed E-state index contributed by atoms with van der Waals surface area (Å²) in [4.78, 5) is 25.7. The maximum atomic E-state index is 9.55. The number of rotatable bonds is 4. The van der Waals surface area contributed by atoms with E-state index in [0.717, 1.165) is 11.6 Å². The van der Waals surface area contributed by atoms with E-state index in [9.17, 15) is 9.59 Å². The molecule has 1 aromatic heterocycles. The van der Waals surface area contributed by atoms with Gasteiger partial charge in [-0.15, -0.1) is 0 Å². The number of hydrogen-bond acceptors (Lipinski definition) is 5. The monoisotopic (exact) mass is 339 g/mol. The minimum Gasteiger partial charge on any atom is -0.478 e. The van der Waals surface area contributed by atoms with Crippen LogP contribution in [0.1, 0.15) is 12.8 Å². The molecular weight excluding hydrogens is 322 g/mol. The molecule has 1 aliphatic carbocycles. The van der Waals surface area contributed by atoms with E-state index >= 15 is 0 Å². The van der Waals surface area contributed by atoms with Gasteiger partial charge in [-0.1, -0.05) is 11.6 Å². The lowest BCUT2D eigenvalue weighted by Crippen LogP contribution is -2.41. The van der Waals surface area contributed by atoms with Crippen LogP contribution in [-0.4, -0.2) is 46.4 Å². The molecule has 8 heteroatoms. The van der Waals surface area contributed by atoms with Crippen molar-refractivity contribution in [2.45, 2.75) is 25.0 Å². The molecule has 1 aliphatic heterocycles. The fraction of sp³-hybridized carbons (Fsp3) is 0.400. The molecule has 1 saturated heterocycles. The Balaban J connectivity index is 0.000000207. The summed E-state index contributed by atoms with van der Waals surface area (Å²) >= 11 is 5.97. The smallest absolute Gasteiger partial charge is 0.328 e. The van der Waals surface area contributed by atoms with Gasteiger partial charge in [-0.25, -0.2) is 9.59 Å². The maximum absolute atomic E-state index is 9.55. The van der Waals surface area contributed by atoms with Crippen molar-refractivity contribution in [1.29, 1.82) is 0 Å². The molecule has 0 bridgehead atoms. The van der Waals surface area contributed by atoms with E-state index < -0.39 is 11.9 Å². The number of anilines is 1. The second kappa shape index (κ2) is 7.43. The Morgan fingerprint density at radius 3 is 2.48 bits per heavy atom. The van der Waals surface area contributed by atoms with Crippen molar-refractivity contribution in [3.63, 3.8) is 0 Å². The molecule has 0 spiro atoms. The SMILES string of the molecule is CNC1CC2CC2N1c1cncc(Cl)c1.O=C(O)/C=C/C(=O)O. The molecule has 0 radical (unpaired) electrons. The van der Waals surface area contributed by atoms with Gasteiger partial charge in [-0.05, 0) is 31.9 Å². The molecule has 124 valence electrons. The molecule has 2 fully saturated rings. The van der Waals surface area contributed by atoms with Crippen molar-refractivity contribution >= 4 is 29.2 Å². The van der Waals surface area contributed by atoms with Crippen LogP contribution < -0.4 is 10.2 Å². The van der Waals surface area contributed by atoms with Crippen molar-refractivity contribution in [2.24, 2.45) is 5.92 Å². The fourth-order valence-electron chi connectivity index (χ4n) is 2.77. The van der Waals surface area contributed by atoms with Crippen LogP contribution in [0.4, 0.5) is 5.69 Å². The minimum absolute atomic E-state index is 0.453. The highest BCUT2D eigenvalue weighted by molar-refractivity contribution is 6.30. The quantitative estimate of drug-likeness (QED) is 0.716. The second-order valence-corrected chi connectivity index (χ2v) is 5.82. The van der Waals surface area contributed by atoms with E-state index in [4.69, 9.17) is 21.8 Å². The van der Waals surface area contributed by atoms with Crippen LogP contribution in [0.25, 0.3) is 0 Å². The highest BCUT2D eigenvalue weighted by Gasteiger charge is 2.51. The first kappa shape index (κ1) is 17.2. The van der Waals surface area contributed by atoms with E-state index in [-0.39, 0.29) is 0 Å². The number of carbonyl (C=O) groups is 2. The molecule has 23 heavy (non-hydrogen) atoms. The van der Waals surface area contributed by atoms with Gasteiger partial charge in [-0.2, -0.15) is 0 Å². The normalized spacial score (nSPS) is 24.8. The fourth-order valence-corrected chi connectivity index (χ4v) is 2.94. The van der Waals surface area contributed by atoms with Crippen molar-refractivity contribution in [3.05, 3.63) is 35.6 Å². The average Bonchev–Trinajstić information content (AvgIpc) is 3.16. The summed E-state index contributed by atoms with van der Waals surface area (Å²) in [6.45, 7) is 0. The summed E-state index contributed by atoms with van der Waals surface area (Å²) in [7, 11) is 2.01. The number of aromatic nitrogens is 1. The van der Waals surface area contributed by atoms with Crippen LogP contribution in [-0.2, 0) is 9.59 Å². The van der Waals surface area contributed by atoms with E-state index in [2.05, 4.69) is 15.2 Å². The molecule has 3 unspecified atom stereocenters. The van der Waals surface area contributed by atoms with Gasteiger partial charge in [0.15, 0.2) is 0 Å². The maximum Gasteiger partial charge on any atom is 0.328 e. The molecule has 1 saturated carbocycles. The predicted molar refractivity (Wildman–Crippen MR) is 85.5 cm³/mol. The zero-order valence-electron chi connectivity index (χ0n) is 12.5. The third-order valence-electron chi connectivity index (χ3n) is 3.79. The number of halogens is 1. The molecule has 1 aromatic rings. The molecule has 3 N–H and O–H groups in total. The number of carboxylic acid groups (broad SMARTS) is 2. The highest BCUT2D eigenvalue weighted by Crippen LogP contribution is 2.48. The van der Waals surface area contributed by atoms with Crippen LogP contribution >= 0.6 is 11.6 Å². The topological polar surface area (TPSA) is 103 Å². The average molecular weight is 340 g/mol. The van der Waals surface area contributed by atoms with Crippen molar-refractivity contribution in [1.82, 2.24) is 10.3 Å². The van der Waals surface area contributed by atoms with E-state index in [1.54, 1.807) is 6.20 Å². The number of carboxylic acids is 2. The predicted octanol–water partition coefficient (Wildman–Crippen LogP) is 1.59. The lowest BCUT2D eigenvalue weighted by molar-refractivity contribution is -0.134. The molecule has 2 aliphatic rings. The second-order valence-electron chi connectivity index (χ2n) is 5.38. The largest absolute Gasteiger partial charge is 0.478 e. The van der Waals surface area contributed by atoms with Crippen molar-refractivity contribution in [2.75, 3.05) is 11.9 Å². The van der Waals surface area contributed by atoms with Crippen molar-refractivity contribution < 1.29 is 19.8 Å². The summed E-state index contributed by atoms with van der Waals surface area (Å²) in [6, 6.07) is 2.71. The number of piperidine rings is 1. The first-order valence-corrected chi connectivity index (χ1v) is 7.50. The zero-order valence-corrected chi connectivity index (χ0v) is 13.3. The van der Waals surface area contributed by atoms with E-state index in [1.807, 2.05) is 19.3 Å². The van der Waals surface area contributed by atoms with E-state index in [0.29, 0.717) is 29.4 Å². The zero-order chi connectivity index (χ0) is 17.0. The number of fused-ring (bicyclic) bond motifs is 1. The molecule has 7 nitrogen and oxygen atoms in total. The summed E-state index contributed by atoms with van der Waals surface area (Å²) in [5.41, 5.74) is 1.15. The number of aliphatic carboxylic acids is 2. The van der Waals surface area contributed by atoms with Crippen LogP contribution in [0.2, 0.25) is 5.02 Å². The third kappa shape index (κ3) is 4.67. The van der Waals surface area contributed by atoms with Crippen molar-refractivity contribution in [3.8, 4) is 0 Å². The Labute approximate surface area is 138 Å². The Morgan fingerprint density at radius 1 is 1.30 bits per heavy atom. The van der Waals surface area contributed by atoms with Crippen LogP contribution in [0, 0.1) is 5.92 Å². The lowest BCUT2D eigenvalue weighted by Gasteiger charge is -2.29. The first-order valence-electron chi connectivity index (χ1n) is 7.12. The van der Waals surface area contributed by atoms with Gasteiger partial charge >= 0.3 is 11.9 Å². The number of nitrogens with zero attached hydrogens (tertiary/aromatic N) is 2. The summed E-state index contributed by atoms with van der Waals surface area (Å²) in [5, 5.41) is 19.7. The van der Waals surface area contributed by atoms with Gasteiger partial charge in [-0.3, -0.25) is 4.98 Å². The Morgan fingerprint density at radius 2 is 1.96 bits per heavy atom. The summed E-state index contributed by atoms with van der Waals surface area (Å²) < 4.78 is 0. The molecule has 0 amide bonds. The number of pyridine rings is 1. The third-order valence-corrected chi connectivity index (χ3v) is 4.00. The van der Waals surface area contributed by atoms with Gasteiger partial charge in [0.25, 0.3) is 0 Å². The number of hydrogen-bond donors (Lipinski definition) is 3. The van der Waals surface area contributed by atoms with Gasteiger partial charge < -0.3 is 20.4 Å². The molecular formula is C15H18ClN3O4. The Hall–Kier alpha value is -2.12. The van der Waals surface area contributed by atoms with Gasteiger partial charge in [0.2, 0.25) is 0 Å². The molecule has 2 heterocycles. The Kier molecular flexibility index (Phi) is 5.57. The Bertz CT molecular complexity index is 606. The van der Waals surface area contributed by atoms with Gasteiger partial charge in [0.1, 0.15) is 0 Å². The van der Waals surface area contributed by atoms with E-state index in [1.165, 1.54) is 12.8 Å². The number of nitrogens with one attached hydrogen (secondary N) is 1. The highest BCUT2D eigenvalue weighted by atomic mass is 35.5. The van der Waals surface area contributed by atoms with Gasteiger partial charge in [0, 0.05) is 24.4 Å². The molecule has 3 rings (SSSR count). The van der Waals surface area contributed by atoms with Crippen LogP contribution in [0.15, 0.2) is 30.6 Å². The minimum atomic E-state index is -1.26. The summed E-state index contributed by atoms with van der Waals surface area (Å²) in [6.07, 6.45) is 7.72. The summed E-state index contributed by atoms with van der Waals surface area (Å²) in [5.74, 6) is -1.64.